The van der Waals surface area contributed by atoms with Crippen molar-refractivity contribution in [2.75, 3.05) is 62.2 Å². The van der Waals surface area contributed by atoms with Gasteiger partial charge in [-0.2, -0.15) is 0 Å². The van der Waals surface area contributed by atoms with Crippen molar-refractivity contribution in [3.05, 3.63) is 82.3 Å². The standard InChI is InChI=1S/C32H34N6O/c1-5-26-9-7-8-10-30(26)36-17-19-38(20-18-36)32(39)28-22-27(24(3)21-25(28)4)23-35-13-15-37(16-14-35)31-29(6-2)33-11-12-34-31/h1-2,7-12,21-22H,13-20,23H2,3-4H3. The van der Waals surface area contributed by atoms with Crippen LogP contribution in [0.15, 0.2) is 48.8 Å². The number of rotatable bonds is 5. The number of aryl methyl sites for hydroxylation is 2. The van der Waals surface area contributed by atoms with E-state index in [0.717, 1.165) is 74.0 Å². The maximum Gasteiger partial charge on any atom is 0.254 e. The first-order chi connectivity index (χ1) is 19.0. The zero-order valence-corrected chi connectivity index (χ0v) is 22.7. The summed E-state index contributed by atoms with van der Waals surface area (Å²) in [6.45, 7) is 11.3. The van der Waals surface area contributed by atoms with Gasteiger partial charge in [-0.1, -0.05) is 24.1 Å². The fraction of sp³-hybridized carbons (Fsp3) is 0.344. The van der Waals surface area contributed by atoms with Gasteiger partial charge in [-0.05, 0) is 54.7 Å². The van der Waals surface area contributed by atoms with E-state index in [0.29, 0.717) is 18.8 Å². The van der Waals surface area contributed by atoms with Crippen LogP contribution < -0.4 is 9.80 Å². The van der Waals surface area contributed by atoms with Crippen LogP contribution in [0.25, 0.3) is 0 Å². The van der Waals surface area contributed by atoms with Gasteiger partial charge in [0.2, 0.25) is 0 Å². The molecule has 1 aromatic heterocycles. The minimum absolute atomic E-state index is 0.105. The Bertz CT molecular complexity index is 1440. The number of benzene rings is 2. The lowest BCUT2D eigenvalue weighted by Gasteiger charge is -2.37. The molecule has 0 saturated carbocycles. The van der Waals surface area contributed by atoms with Crippen LogP contribution in [0.3, 0.4) is 0 Å². The Morgan fingerprint density at radius 2 is 1.54 bits per heavy atom. The number of para-hydroxylation sites is 1. The molecule has 7 heteroatoms. The van der Waals surface area contributed by atoms with Gasteiger partial charge in [-0.25, -0.2) is 9.97 Å². The molecule has 0 spiro atoms. The van der Waals surface area contributed by atoms with Gasteiger partial charge < -0.3 is 14.7 Å². The van der Waals surface area contributed by atoms with Crippen molar-refractivity contribution in [3.63, 3.8) is 0 Å². The van der Waals surface area contributed by atoms with Gasteiger partial charge in [-0.3, -0.25) is 9.69 Å². The molecular weight excluding hydrogens is 484 g/mol. The normalized spacial score (nSPS) is 16.1. The van der Waals surface area contributed by atoms with Crippen LogP contribution in [0.5, 0.6) is 0 Å². The number of hydrogen-bond acceptors (Lipinski definition) is 6. The highest BCUT2D eigenvalue weighted by Crippen LogP contribution is 2.24. The van der Waals surface area contributed by atoms with Crippen LogP contribution in [0.1, 0.15) is 38.3 Å². The molecule has 0 radical (unpaired) electrons. The average Bonchev–Trinajstić information content (AvgIpc) is 2.98. The van der Waals surface area contributed by atoms with E-state index < -0.39 is 0 Å². The van der Waals surface area contributed by atoms with Crippen LogP contribution in [0, 0.1) is 38.5 Å². The highest BCUT2D eigenvalue weighted by atomic mass is 16.2. The van der Waals surface area contributed by atoms with Crippen molar-refractivity contribution in [1.82, 2.24) is 19.8 Å². The smallest absolute Gasteiger partial charge is 0.254 e. The third-order valence-corrected chi connectivity index (χ3v) is 7.76. The van der Waals surface area contributed by atoms with Gasteiger partial charge in [-0.15, -0.1) is 12.8 Å². The molecule has 3 aromatic rings. The van der Waals surface area contributed by atoms with E-state index in [1.165, 1.54) is 11.1 Å². The molecule has 198 valence electrons. The predicted molar refractivity (Wildman–Crippen MR) is 156 cm³/mol. The number of nitrogens with zero attached hydrogens (tertiary/aromatic N) is 6. The lowest BCUT2D eigenvalue weighted by atomic mass is 9.98. The Morgan fingerprint density at radius 3 is 2.26 bits per heavy atom. The van der Waals surface area contributed by atoms with Crippen molar-refractivity contribution in [2.24, 2.45) is 0 Å². The number of carbonyl (C=O) groups excluding carboxylic acids is 1. The monoisotopic (exact) mass is 518 g/mol. The van der Waals surface area contributed by atoms with E-state index in [-0.39, 0.29) is 5.91 Å². The molecule has 5 rings (SSSR count). The predicted octanol–water partition coefficient (Wildman–Crippen LogP) is 3.34. The molecule has 0 atom stereocenters. The molecule has 39 heavy (non-hydrogen) atoms. The van der Waals surface area contributed by atoms with Crippen molar-refractivity contribution in [2.45, 2.75) is 20.4 Å². The Hall–Kier alpha value is -4.33. The van der Waals surface area contributed by atoms with Gasteiger partial charge in [0, 0.05) is 82.4 Å². The number of carbonyl (C=O) groups is 1. The molecule has 7 nitrogen and oxygen atoms in total. The van der Waals surface area contributed by atoms with Gasteiger partial charge >= 0.3 is 0 Å². The lowest BCUT2D eigenvalue weighted by Crippen LogP contribution is -2.49. The first-order valence-corrected chi connectivity index (χ1v) is 13.4. The van der Waals surface area contributed by atoms with E-state index >= 15 is 0 Å². The Morgan fingerprint density at radius 1 is 0.846 bits per heavy atom. The van der Waals surface area contributed by atoms with Gasteiger partial charge in [0.15, 0.2) is 11.5 Å². The molecule has 2 aromatic carbocycles. The number of hydrogen-bond donors (Lipinski definition) is 0. The van der Waals surface area contributed by atoms with Gasteiger partial charge in [0.25, 0.3) is 5.91 Å². The van der Waals surface area contributed by atoms with Crippen LogP contribution >= 0.6 is 0 Å². The quantitative estimate of drug-likeness (QED) is 0.483. The molecule has 0 aliphatic carbocycles. The molecule has 0 unspecified atom stereocenters. The molecule has 2 saturated heterocycles. The van der Waals surface area contributed by atoms with Gasteiger partial charge in [0.05, 0.1) is 5.69 Å². The number of piperazine rings is 2. The zero-order valence-electron chi connectivity index (χ0n) is 22.7. The Balaban J connectivity index is 1.23. The molecule has 2 aliphatic rings. The highest BCUT2D eigenvalue weighted by Gasteiger charge is 2.26. The van der Waals surface area contributed by atoms with E-state index in [1.807, 2.05) is 30.0 Å². The average molecular weight is 519 g/mol. The summed E-state index contributed by atoms with van der Waals surface area (Å²) in [4.78, 5) is 31.2. The van der Waals surface area contributed by atoms with E-state index in [4.69, 9.17) is 12.8 Å². The summed E-state index contributed by atoms with van der Waals surface area (Å²) in [5.74, 6) is 6.30. The maximum absolute atomic E-state index is 13.6. The second-order valence-corrected chi connectivity index (χ2v) is 10.2. The van der Waals surface area contributed by atoms with Gasteiger partial charge in [0.1, 0.15) is 0 Å². The first-order valence-electron chi connectivity index (χ1n) is 13.4. The Kier molecular flexibility index (Phi) is 7.81. The van der Waals surface area contributed by atoms with Crippen molar-refractivity contribution in [1.29, 1.82) is 0 Å². The van der Waals surface area contributed by atoms with E-state index in [1.54, 1.807) is 12.4 Å². The van der Waals surface area contributed by atoms with Crippen molar-refractivity contribution >= 4 is 17.4 Å². The van der Waals surface area contributed by atoms with Crippen molar-refractivity contribution < 1.29 is 4.79 Å². The summed E-state index contributed by atoms with van der Waals surface area (Å²) >= 11 is 0. The molecule has 0 N–H and O–H groups in total. The highest BCUT2D eigenvalue weighted by molar-refractivity contribution is 5.96. The fourth-order valence-corrected chi connectivity index (χ4v) is 5.51. The molecule has 1 amide bonds. The van der Waals surface area contributed by atoms with Crippen LogP contribution in [-0.2, 0) is 6.54 Å². The molecule has 2 aliphatic heterocycles. The first kappa shape index (κ1) is 26.3. The topological polar surface area (TPSA) is 55.8 Å². The lowest BCUT2D eigenvalue weighted by molar-refractivity contribution is 0.0746. The number of anilines is 2. The molecule has 0 bridgehead atoms. The molecule has 3 heterocycles. The summed E-state index contributed by atoms with van der Waals surface area (Å²) < 4.78 is 0. The van der Waals surface area contributed by atoms with E-state index in [9.17, 15) is 4.79 Å². The second-order valence-electron chi connectivity index (χ2n) is 10.2. The van der Waals surface area contributed by atoms with Crippen LogP contribution in [0.4, 0.5) is 11.5 Å². The summed E-state index contributed by atoms with van der Waals surface area (Å²) in [5, 5.41) is 0. The zero-order chi connectivity index (χ0) is 27.4. The third-order valence-electron chi connectivity index (χ3n) is 7.76. The minimum Gasteiger partial charge on any atom is -0.367 e. The minimum atomic E-state index is 0.105. The summed E-state index contributed by atoms with van der Waals surface area (Å²) in [6.07, 6.45) is 14.6. The Labute approximate surface area is 231 Å². The third kappa shape index (κ3) is 5.60. The van der Waals surface area contributed by atoms with Crippen LogP contribution in [0.2, 0.25) is 0 Å². The largest absolute Gasteiger partial charge is 0.367 e. The summed E-state index contributed by atoms with van der Waals surface area (Å²) in [5.41, 5.74) is 6.78. The number of amides is 1. The number of terminal acetylenes is 2. The molecule has 2 fully saturated rings. The maximum atomic E-state index is 13.6. The SMILES string of the molecule is C#Cc1ccccc1N1CCN(C(=O)c2cc(CN3CCN(c4nccnc4C#C)CC3)c(C)cc2C)CC1. The summed E-state index contributed by atoms with van der Waals surface area (Å²) in [6, 6.07) is 12.3. The number of aromatic nitrogens is 2. The van der Waals surface area contributed by atoms with Crippen molar-refractivity contribution in [3.8, 4) is 24.7 Å². The van der Waals surface area contributed by atoms with Crippen LogP contribution in [-0.4, -0.2) is 78.0 Å². The summed E-state index contributed by atoms with van der Waals surface area (Å²) in [7, 11) is 0. The fourth-order valence-electron chi connectivity index (χ4n) is 5.51. The second kappa shape index (κ2) is 11.6. The van der Waals surface area contributed by atoms with E-state index in [2.05, 4.69) is 61.6 Å². The molecular formula is C32H34N6O.